The monoisotopic (exact) mass is 723 g/mol. The van der Waals surface area contributed by atoms with Crippen LogP contribution in [-0.2, 0) is 0 Å². The molecule has 0 atom stereocenters. The fraction of sp³-hybridized carbons (Fsp3) is 0. The molecule has 9 aromatic carbocycles. The van der Waals surface area contributed by atoms with Crippen molar-refractivity contribution in [3.05, 3.63) is 176 Å². The topological polar surface area (TPSA) is 16.4 Å². The minimum absolute atomic E-state index is 0.918. The largest absolute Gasteiger partial charge is 0.455 e. The zero-order chi connectivity index (χ0) is 35.3. The normalized spacial score (nSPS) is 12.1. The van der Waals surface area contributed by atoms with Gasteiger partial charge in [0.2, 0.25) is 0 Å². The summed E-state index contributed by atoms with van der Waals surface area (Å²) in [5, 5.41) is 12.2. The average molecular weight is 724 g/mol. The first-order valence-corrected chi connectivity index (χ1v) is 19.9. The van der Waals surface area contributed by atoms with Crippen LogP contribution in [0.2, 0.25) is 0 Å². The molecule has 0 radical (unpaired) electrons. The Kier molecular flexibility index (Phi) is 6.41. The highest BCUT2D eigenvalue weighted by Gasteiger charge is 2.24. The zero-order valence-corrected chi connectivity index (χ0v) is 30.5. The second-order valence-corrected chi connectivity index (χ2v) is 16.1. The minimum atomic E-state index is 0.918. The van der Waals surface area contributed by atoms with Crippen molar-refractivity contribution >= 4 is 124 Å². The summed E-state index contributed by atoms with van der Waals surface area (Å²) in [6.07, 6.45) is 0. The number of hydrogen-bond donors (Lipinski definition) is 0. The SMILES string of the molecule is c1ccc2c(-c3ccc(N(c4cccc5c4sc4ccccc45)c4cccc5sc6ccc7oc8c9ccccc9ccc8c7c6c45)cc3)cccc2c1. The average Bonchev–Trinajstić information content (AvgIpc) is 3.93. The third-order valence-corrected chi connectivity index (χ3v) is 13.4. The highest BCUT2D eigenvalue weighted by molar-refractivity contribution is 7.26. The summed E-state index contributed by atoms with van der Waals surface area (Å²) < 4.78 is 11.8. The highest BCUT2D eigenvalue weighted by Crippen LogP contribution is 2.51. The maximum absolute atomic E-state index is 6.73. The lowest BCUT2D eigenvalue weighted by Crippen LogP contribution is -2.10. The van der Waals surface area contributed by atoms with E-state index in [0.29, 0.717) is 0 Å². The Morgan fingerprint density at radius 1 is 0.389 bits per heavy atom. The van der Waals surface area contributed by atoms with Crippen LogP contribution in [0, 0.1) is 0 Å². The van der Waals surface area contributed by atoms with E-state index >= 15 is 0 Å². The zero-order valence-electron chi connectivity index (χ0n) is 28.9. The van der Waals surface area contributed by atoms with E-state index in [4.69, 9.17) is 4.42 Å². The fourth-order valence-electron chi connectivity index (χ4n) is 8.65. The number of nitrogens with zero attached hydrogens (tertiary/aromatic N) is 1. The van der Waals surface area contributed by atoms with Gasteiger partial charge in [-0.1, -0.05) is 121 Å². The van der Waals surface area contributed by atoms with Gasteiger partial charge in [-0.15, -0.1) is 22.7 Å². The van der Waals surface area contributed by atoms with Crippen LogP contribution in [0.4, 0.5) is 17.1 Å². The molecule has 0 unspecified atom stereocenters. The van der Waals surface area contributed by atoms with Crippen molar-refractivity contribution < 1.29 is 4.42 Å². The van der Waals surface area contributed by atoms with Gasteiger partial charge in [-0.25, -0.2) is 0 Å². The van der Waals surface area contributed by atoms with Crippen LogP contribution >= 0.6 is 22.7 Å². The number of benzene rings is 9. The lowest BCUT2D eigenvalue weighted by Gasteiger charge is -2.27. The van der Waals surface area contributed by atoms with Gasteiger partial charge in [0.1, 0.15) is 11.2 Å². The smallest absolute Gasteiger partial charge is 0.143 e. The van der Waals surface area contributed by atoms with Gasteiger partial charge in [0, 0.05) is 57.5 Å². The number of anilines is 3. The van der Waals surface area contributed by atoms with Crippen molar-refractivity contribution in [3.8, 4) is 11.1 Å². The van der Waals surface area contributed by atoms with E-state index < -0.39 is 0 Å². The Bertz CT molecular complexity index is 3450. The molecule has 2 nitrogen and oxygen atoms in total. The molecule has 0 fully saturated rings. The van der Waals surface area contributed by atoms with Crippen LogP contribution < -0.4 is 4.90 Å². The molecule has 0 aliphatic heterocycles. The van der Waals surface area contributed by atoms with E-state index in [0.717, 1.165) is 33.3 Å². The molecule has 4 heteroatoms. The quantitative estimate of drug-likeness (QED) is 0.180. The molecule has 0 spiro atoms. The van der Waals surface area contributed by atoms with Crippen LogP contribution in [0.1, 0.15) is 0 Å². The van der Waals surface area contributed by atoms with Gasteiger partial charge in [0.05, 0.1) is 16.1 Å². The molecule has 0 saturated carbocycles. The van der Waals surface area contributed by atoms with Crippen molar-refractivity contribution in [2.24, 2.45) is 0 Å². The first kappa shape index (κ1) is 30.0. The molecular formula is C50H29NOS2. The lowest BCUT2D eigenvalue weighted by molar-refractivity contribution is 0.673. The number of rotatable bonds is 4. The number of hydrogen-bond acceptors (Lipinski definition) is 4. The molecule has 3 aromatic heterocycles. The van der Waals surface area contributed by atoms with Crippen LogP contribution in [0.5, 0.6) is 0 Å². The van der Waals surface area contributed by atoms with Crippen molar-refractivity contribution in [2.45, 2.75) is 0 Å². The molecule has 0 aliphatic carbocycles. The minimum Gasteiger partial charge on any atom is -0.455 e. The van der Waals surface area contributed by atoms with Crippen molar-refractivity contribution in [1.82, 2.24) is 0 Å². The summed E-state index contributed by atoms with van der Waals surface area (Å²) >= 11 is 3.73. The second kappa shape index (κ2) is 11.5. The van der Waals surface area contributed by atoms with Crippen LogP contribution in [0.25, 0.3) is 95.0 Å². The predicted octanol–water partition coefficient (Wildman–Crippen LogP) is 15.8. The first-order valence-electron chi connectivity index (χ1n) is 18.3. The maximum Gasteiger partial charge on any atom is 0.143 e. The molecular weight excluding hydrogens is 695 g/mol. The Balaban J connectivity index is 1.16. The van der Waals surface area contributed by atoms with E-state index in [1.54, 1.807) is 0 Å². The first-order chi connectivity index (χ1) is 26.8. The molecule has 0 N–H and O–H groups in total. The summed E-state index contributed by atoms with van der Waals surface area (Å²) in [4.78, 5) is 2.50. The van der Waals surface area contributed by atoms with Crippen LogP contribution in [0.3, 0.4) is 0 Å². The van der Waals surface area contributed by atoms with Gasteiger partial charge < -0.3 is 9.32 Å². The van der Waals surface area contributed by atoms with Gasteiger partial charge in [0.15, 0.2) is 0 Å². The molecule has 0 amide bonds. The van der Waals surface area contributed by atoms with Gasteiger partial charge in [-0.05, 0) is 81.9 Å². The number of furan rings is 1. The van der Waals surface area contributed by atoms with E-state index in [-0.39, 0.29) is 0 Å². The Labute approximate surface area is 318 Å². The number of thiophene rings is 2. The molecule has 0 saturated heterocycles. The highest BCUT2D eigenvalue weighted by atomic mass is 32.1. The van der Waals surface area contributed by atoms with Crippen molar-refractivity contribution in [1.29, 1.82) is 0 Å². The molecule has 3 heterocycles. The molecule has 252 valence electrons. The third-order valence-electron chi connectivity index (χ3n) is 11.1. The summed E-state index contributed by atoms with van der Waals surface area (Å²) in [5.74, 6) is 0. The van der Waals surface area contributed by atoms with Crippen LogP contribution in [0.15, 0.2) is 180 Å². The summed E-state index contributed by atoms with van der Waals surface area (Å²) in [7, 11) is 0. The molecule has 12 rings (SSSR count). The van der Waals surface area contributed by atoms with E-state index in [9.17, 15) is 0 Å². The third kappa shape index (κ3) is 4.32. The summed E-state index contributed by atoms with van der Waals surface area (Å²) in [6, 6.07) is 64.1. The lowest BCUT2D eigenvalue weighted by atomic mass is 9.98. The van der Waals surface area contributed by atoms with Gasteiger partial charge >= 0.3 is 0 Å². The van der Waals surface area contributed by atoms with Gasteiger partial charge in [-0.3, -0.25) is 0 Å². The Morgan fingerprint density at radius 3 is 1.94 bits per heavy atom. The van der Waals surface area contributed by atoms with Gasteiger partial charge in [-0.2, -0.15) is 0 Å². The summed E-state index contributed by atoms with van der Waals surface area (Å²) in [6.45, 7) is 0. The van der Waals surface area contributed by atoms with E-state index in [1.165, 1.54) is 78.7 Å². The standard InChI is InChI=1S/C50H29NOS2/c1-3-13-34-30(10-1)12-7-16-35(34)32-22-25-33(26-23-32)51(41-19-8-17-38-37-15-5-6-20-43(37)54-50(38)41)40-18-9-21-44-47(40)48-45(53-44)29-28-42-46(48)39-27-24-31-11-2-4-14-36(31)49(39)52-42/h1-29H. The predicted molar refractivity (Wildman–Crippen MR) is 235 cm³/mol. The second-order valence-electron chi connectivity index (χ2n) is 14.0. The maximum atomic E-state index is 6.73. The Morgan fingerprint density at radius 2 is 1.06 bits per heavy atom. The van der Waals surface area contributed by atoms with Gasteiger partial charge in [0.25, 0.3) is 0 Å². The van der Waals surface area contributed by atoms with E-state index in [2.05, 4.69) is 181 Å². The Hall–Kier alpha value is -6.46. The number of fused-ring (bicyclic) bond motifs is 13. The summed E-state index contributed by atoms with van der Waals surface area (Å²) in [5.41, 5.74) is 7.76. The molecule has 12 aromatic rings. The van der Waals surface area contributed by atoms with Crippen molar-refractivity contribution in [2.75, 3.05) is 4.90 Å². The molecule has 54 heavy (non-hydrogen) atoms. The molecule has 0 aliphatic rings. The van der Waals surface area contributed by atoms with Crippen molar-refractivity contribution in [3.63, 3.8) is 0 Å². The molecule has 0 bridgehead atoms. The van der Waals surface area contributed by atoms with Crippen LogP contribution in [-0.4, -0.2) is 0 Å². The fourth-order valence-corrected chi connectivity index (χ4v) is 11.0. The van der Waals surface area contributed by atoms with E-state index in [1.807, 2.05) is 22.7 Å².